The largest absolute Gasteiger partial charge is 0.481 e. The average molecular weight is 203 g/mol. The van der Waals surface area contributed by atoms with Crippen molar-refractivity contribution in [3.05, 3.63) is 35.9 Å². The van der Waals surface area contributed by atoms with Gasteiger partial charge in [-0.25, -0.2) is 0 Å². The van der Waals surface area contributed by atoms with E-state index in [2.05, 4.69) is 6.07 Å². The molecule has 1 N–H and O–H groups in total. The summed E-state index contributed by atoms with van der Waals surface area (Å²) in [5.74, 6) is -1.59. The van der Waals surface area contributed by atoms with Gasteiger partial charge in [-0.3, -0.25) is 4.79 Å². The lowest BCUT2D eigenvalue weighted by Gasteiger charge is -2.24. The number of hydrogen-bond acceptors (Lipinski definition) is 2. The maximum absolute atomic E-state index is 11.0. The molecule has 0 radical (unpaired) electrons. The molecular weight excluding hydrogens is 190 g/mol. The van der Waals surface area contributed by atoms with Gasteiger partial charge in [-0.05, 0) is 19.4 Å². The molecule has 0 amide bonds. The molecule has 3 heteroatoms. The van der Waals surface area contributed by atoms with Gasteiger partial charge in [-0.1, -0.05) is 30.3 Å². The van der Waals surface area contributed by atoms with Crippen LogP contribution >= 0.6 is 0 Å². The van der Waals surface area contributed by atoms with Gasteiger partial charge in [0.2, 0.25) is 0 Å². The number of aliphatic carboxylic acids is 1. The minimum Gasteiger partial charge on any atom is -0.481 e. The maximum Gasteiger partial charge on any atom is 0.310 e. The Morgan fingerprint density at radius 3 is 2.33 bits per heavy atom. The van der Waals surface area contributed by atoms with Gasteiger partial charge in [0, 0.05) is 0 Å². The van der Waals surface area contributed by atoms with Crippen LogP contribution in [0.15, 0.2) is 30.3 Å². The third-order valence-corrected chi connectivity index (χ3v) is 2.53. The topological polar surface area (TPSA) is 61.1 Å². The van der Waals surface area contributed by atoms with Crippen molar-refractivity contribution in [2.75, 3.05) is 0 Å². The molecule has 0 saturated carbocycles. The van der Waals surface area contributed by atoms with E-state index in [-0.39, 0.29) is 0 Å². The van der Waals surface area contributed by atoms with Gasteiger partial charge >= 0.3 is 5.97 Å². The van der Waals surface area contributed by atoms with Crippen molar-refractivity contribution in [1.29, 1.82) is 5.26 Å². The van der Waals surface area contributed by atoms with E-state index >= 15 is 0 Å². The van der Waals surface area contributed by atoms with E-state index in [9.17, 15) is 4.79 Å². The predicted octanol–water partition coefficient (Wildman–Crippen LogP) is 2.40. The summed E-state index contributed by atoms with van der Waals surface area (Å²) < 4.78 is 0. The van der Waals surface area contributed by atoms with Gasteiger partial charge < -0.3 is 5.11 Å². The van der Waals surface area contributed by atoms with E-state index in [1.807, 2.05) is 6.07 Å². The van der Waals surface area contributed by atoms with E-state index in [0.717, 1.165) is 5.56 Å². The van der Waals surface area contributed by atoms with Crippen LogP contribution in [0.2, 0.25) is 0 Å². The molecule has 0 aromatic heterocycles. The molecule has 0 aliphatic rings. The second-order valence-electron chi connectivity index (χ2n) is 4.00. The van der Waals surface area contributed by atoms with Crippen LogP contribution in [0, 0.1) is 16.7 Å². The van der Waals surface area contributed by atoms with E-state index in [4.69, 9.17) is 10.4 Å². The first-order valence-corrected chi connectivity index (χ1v) is 4.68. The van der Waals surface area contributed by atoms with Gasteiger partial charge in [-0.15, -0.1) is 0 Å². The van der Waals surface area contributed by atoms with Gasteiger partial charge in [0.1, 0.15) is 0 Å². The molecule has 0 heterocycles. The number of carboxylic acids is 1. The Balaban J connectivity index is 3.12. The summed E-state index contributed by atoms with van der Waals surface area (Å²) in [6.07, 6.45) is 0. The lowest BCUT2D eigenvalue weighted by atomic mass is 9.76. The van der Waals surface area contributed by atoms with Crippen LogP contribution in [0.4, 0.5) is 0 Å². The lowest BCUT2D eigenvalue weighted by molar-refractivity contribution is -0.147. The first-order chi connectivity index (χ1) is 7.00. The van der Waals surface area contributed by atoms with Crippen molar-refractivity contribution < 1.29 is 9.90 Å². The third-order valence-electron chi connectivity index (χ3n) is 2.53. The standard InChI is InChI=1S/C12H13NO2/c1-12(2,11(14)15)10(8-13)9-6-4-3-5-7-9/h3-7,10H,1-2H3,(H,14,15). The first-order valence-electron chi connectivity index (χ1n) is 4.68. The second-order valence-corrected chi connectivity index (χ2v) is 4.00. The minimum atomic E-state index is -1.07. The highest BCUT2D eigenvalue weighted by Crippen LogP contribution is 2.34. The van der Waals surface area contributed by atoms with Crippen LogP contribution < -0.4 is 0 Å². The zero-order valence-electron chi connectivity index (χ0n) is 8.77. The van der Waals surface area contributed by atoms with E-state index < -0.39 is 17.3 Å². The smallest absolute Gasteiger partial charge is 0.310 e. The lowest BCUT2D eigenvalue weighted by Crippen LogP contribution is -2.30. The highest BCUT2D eigenvalue weighted by atomic mass is 16.4. The monoisotopic (exact) mass is 203 g/mol. The van der Waals surface area contributed by atoms with E-state index in [1.165, 1.54) is 0 Å². The zero-order valence-corrected chi connectivity index (χ0v) is 8.77. The van der Waals surface area contributed by atoms with Crippen LogP contribution in [-0.4, -0.2) is 11.1 Å². The average Bonchev–Trinajstić information content (AvgIpc) is 2.19. The molecule has 0 aliphatic heterocycles. The van der Waals surface area contributed by atoms with Crippen LogP contribution in [0.3, 0.4) is 0 Å². The third kappa shape index (κ3) is 2.16. The van der Waals surface area contributed by atoms with Crippen LogP contribution in [-0.2, 0) is 4.79 Å². The summed E-state index contributed by atoms with van der Waals surface area (Å²) in [5.41, 5.74) is -0.330. The number of benzene rings is 1. The maximum atomic E-state index is 11.0. The van der Waals surface area contributed by atoms with Crippen molar-refractivity contribution in [3.8, 4) is 6.07 Å². The number of carbonyl (C=O) groups is 1. The van der Waals surface area contributed by atoms with Crippen molar-refractivity contribution in [2.24, 2.45) is 5.41 Å². The molecule has 0 spiro atoms. The quantitative estimate of drug-likeness (QED) is 0.820. The predicted molar refractivity (Wildman–Crippen MR) is 56.2 cm³/mol. The highest BCUT2D eigenvalue weighted by molar-refractivity contribution is 5.75. The summed E-state index contributed by atoms with van der Waals surface area (Å²) in [4.78, 5) is 11.0. The minimum absolute atomic E-state index is 0.629. The SMILES string of the molecule is CC(C)(C(=O)O)C(C#N)c1ccccc1. The Labute approximate surface area is 89.0 Å². The Morgan fingerprint density at radius 1 is 1.40 bits per heavy atom. The van der Waals surface area contributed by atoms with Gasteiger partial charge in [-0.2, -0.15) is 5.26 Å². The number of rotatable bonds is 3. The van der Waals surface area contributed by atoms with Gasteiger partial charge in [0.05, 0.1) is 17.4 Å². The second kappa shape index (κ2) is 4.14. The fourth-order valence-electron chi connectivity index (χ4n) is 1.42. The number of nitrogens with zero attached hydrogens (tertiary/aromatic N) is 1. The Morgan fingerprint density at radius 2 is 1.93 bits per heavy atom. The van der Waals surface area contributed by atoms with Crippen LogP contribution in [0.5, 0.6) is 0 Å². The molecule has 1 atom stereocenters. The van der Waals surface area contributed by atoms with Crippen molar-refractivity contribution in [1.82, 2.24) is 0 Å². The van der Waals surface area contributed by atoms with Gasteiger partial charge in [0.15, 0.2) is 0 Å². The summed E-state index contributed by atoms with van der Waals surface area (Å²) in [5, 5.41) is 18.1. The number of hydrogen-bond donors (Lipinski definition) is 1. The fourth-order valence-corrected chi connectivity index (χ4v) is 1.42. The van der Waals surface area contributed by atoms with Crippen molar-refractivity contribution in [2.45, 2.75) is 19.8 Å². The molecular formula is C12H13NO2. The summed E-state index contributed by atoms with van der Waals surface area (Å²) in [6, 6.07) is 11.1. The molecule has 1 aromatic rings. The molecule has 3 nitrogen and oxygen atoms in total. The summed E-state index contributed by atoms with van der Waals surface area (Å²) in [7, 11) is 0. The Hall–Kier alpha value is -1.82. The fraction of sp³-hybridized carbons (Fsp3) is 0.333. The Kier molecular flexibility index (Phi) is 3.11. The Bertz CT molecular complexity index is 390. The molecule has 1 aromatic carbocycles. The summed E-state index contributed by atoms with van der Waals surface area (Å²) >= 11 is 0. The molecule has 1 rings (SSSR count). The molecule has 0 aliphatic carbocycles. The van der Waals surface area contributed by atoms with Crippen molar-refractivity contribution >= 4 is 5.97 Å². The molecule has 1 unspecified atom stereocenters. The normalized spacial score (nSPS) is 12.9. The zero-order chi connectivity index (χ0) is 11.5. The van der Waals surface area contributed by atoms with Gasteiger partial charge in [0.25, 0.3) is 0 Å². The first kappa shape index (κ1) is 11.3. The number of carboxylic acid groups (broad SMARTS) is 1. The van der Waals surface area contributed by atoms with Crippen molar-refractivity contribution in [3.63, 3.8) is 0 Å². The summed E-state index contributed by atoms with van der Waals surface area (Å²) in [6.45, 7) is 3.13. The molecule has 0 fully saturated rings. The van der Waals surface area contributed by atoms with E-state index in [0.29, 0.717) is 0 Å². The molecule has 78 valence electrons. The number of nitriles is 1. The van der Waals surface area contributed by atoms with Crippen LogP contribution in [0.1, 0.15) is 25.3 Å². The van der Waals surface area contributed by atoms with Crippen LogP contribution in [0.25, 0.3) is 0 Å². The molecule has 15 heavy (non-hydrogen) atoms. The molecule has 0 bridgehead atoms. The van der Waals surface area contributed by atoms with E-state index in [1.54, 1.807) is 38.1 Å². The highest BCUT2D eigenvalue weighted by Gasteiger charge is 2.37. The molecule has 0 saturated heterocycles.